The van der Waals surface area contributed by atoms with Crippen LogP contribution >= 0.6 is 22.9 Å². The smallest absolute Gasteiger partial charge is 0.289 e. The van der Waals surface area contributed by atoms with Gasteiger partial charge in [-0.15, -0.1) is 11.3 Å². The molecule has 1 saturated heterocycles. The number of nitrogens with one attached hydrogen (secondary N) is 1. The number of amides is 2. The summed E-state index contributed by atoms with van der Waals surface area (Å²) in [4.78, 5) is 41.0. The highest BCUT2D eigenvalue weighted by Crippen LogP contribution is 2.31. The second kappa shape index (κ2) is 10.6. The summed E-state index contributed by atoms with van der Waals surface area (Å²) in [7, 11) is 1.72. The van der Waals surface area contributed by atoms with E-state index in [1.807, 2.05) is 47.4 Å². The maximum Gasteiger partial charge on any atom is 0.289 e. The Kier molecular flexibility index (Phi) is 7.11. The highest BCUT2D eigenvalue weighted by atomic mass is 35.5. The van der Waals surface area contributed by atoms with Gasteiger partial charge in [0.1, 0.15) is 5.69 Å². The average molecular weight is 521 g/mol. The SMILES string of the molecule is CN(NC(=O)c1csc(C2CCN(C(=O)Cc3ccccc3Cl)CC2)n1)c1cnc2ccccc2n1. The van der Waals surface area contributed by atoms with Crippen LogP contribution in [-0.2, 0) is 11.2 Å². The molecule has 2 aromatic heterocycles. The van der Waals surface area contributed by atoms with Crippen LogP contribution in [0.5, 0.6) is 0 Å². The van der Waals surface area contributed by atoms with Crippen LogP contribution in [0, 0.1) is 0 Å². The van der Waals surface area contributed by atoms with Crippen molar-refractivity contribution in [2.75, 3.05) is 25.1 Å². The van der Waals surface area contributed by atoms with E-state index >= 15 is 0 Å². The van der Waals surface area contributed by atoms with Crippen LogP contribution in [0.15, 0.2) is 60.1 Å². The monoisotopic (exact) mass is 520 g/mol. The van der Waals surface area contributed by atoms with Crippen molar-refractivity contribution < 1.29 is 9.59 Å². The molecule has 4 aromatic rings. The minimum Gasteiger partial charge on any atom is -0.342 e. The number of benzene rings is 2. The molecule has 0 spiro atoms. The lowest BCUT2D eigenvalue weighted by Gasteiger charge is -2.31. The van der Waals surface area contributed by atoms with Gasteiger partial charge in [-0.05, 0) is 36.6 Å². The Morgan fingerprint density at radius 2 is 1.81 bits per heavy atom. The Balaban J connectivity index is 1.16. The number of nitrogens with zero attached hydrogens (tertiary/aromatic N) is 5. The Hall–Kier alpha value is -3.56. The van der Waals surface area contributed by atoms with Crippen molar-refractivity contribution in [3.8, 4) is 0 Å². The van der Waals surface area contributed by atoms with E-state index < -0.39 is 0 Å². The molecule has 10 heteroatoms. The molecule has 0 saturated carbocycles. The van der Waals surface area contributed by atoms with Crippen molar-refractivity contribution in [1.82, 2.24) is 25.3 Å². The summed E-state index contributed by atoms with van der Waals surface area (Å²) in [5, 5.41) is 4.86. The molecular weight excluding hydrogens is 496 g/mol. The summed E-state index contributed by atoms with van der Waals surface area (Å²) >= 11 is 7.69. The summed E-state index contributed by atoms with van der Waals surface area (Å²) in [6.07, 6.45) is 3.56. The van der Waals surface area contributed by atoms with Crippen LogP contribution in [-0.4, -0.2) is 51.8 Å². The summed E-state index contributed by atoms with van der Waals surface area (Å²) in [6, 6.07) is 15.0. The van der Waals surface area contributed by atoms with Gasteiger partial charge in [0, 0.05) is 36.5 Å². The Labute approximate surface area is 217 Å². The quantitative estimate of drug-likeness (QED) is 0.377. The van der Waals surface area contributed by atoms with Gasteiger partial charge in [0.05, 0.1) is 28.7 Å². The molecule has 8 nitrogen and oxygen atoms in total. The first kappa shape index (κ1) is 24.1. The highest BCUT2D eigenvalue weighted by molar-refractivity contribution is 7.09. The minimum absolute atomic E-state index is 0.0839. The molecule has 184 valence electrons. The number of fused-ring (bicyclic) bond motifs is 1. The lowest BCUT2D eigenvalue weighted by Crippen LogP contribution is -2.40. The number of para-hydroxylation sites is 2. The molecule has 0 bridgehead atoms. The standard InChI is InChI=1S/C26H25ClN6O2S/c1-32(23-15-28-20-8-4-5-9-21(20)29-23)31-25(35)22-16-36-26(30-22)17-10-12-33(13-11-17)24(34)14-18-6-2-3-7-19(18)27/h2-9,15-17H,10-14H2,1H3,(H,31,35). The van der Waals surface area contributed by atoms with E-state index in [0.717, 1.165) is 34.4 Å². The van der Waals surface area contributed by atoms with Gasteiger partial charge in [-0.3, -0.25) is 25.0 Å². The number of hydrogen-bond donors (Lipinski definition) is 1. The zero-order valence-electron chi connectivity index (χ0n) is 19.7. The van der Waals surface area contributed by atoms with Crippen molar-refractivity contribution in [2.45, 2.75) is 25.2 Å². The van der Waals surface area contributed by atoms with E-state index in [0.29, 0.717) is 36.0 Å². The molecule has 0 aliphatic carbocycles. The van der Waals surface area contributed by atoms with E-state index in [2.05, 4.69) is 20.4 Å². The van der Waals surface area contributed by atoms with E-state index in [9.17, 15) is 9.59 Å². The number of hydrogen-bond acceptors (Lipinski definition) is 7. The number of halogens is 1. The van der Waals surface area contributed by atoms with Gasteiger partial charge in [-0.1, -0.05) is 41.9 Å². The first-order valence-corrected chi connectivity index (χ1v) is 13.0. The second-order valence-corrected chi connectivity index (χ2v) is 10.0. The third kappa shape index (κ3) is 5.32. The van der Waals surface area contributed by atoms with E-state index in [1.54, 1.807) is 29.7 Å². The highest BCUT2D eigenvalue weighted by Gasteiger charge is 2.27. The third-order valence-corrected chi connectivity index (χ3v) is 7.68. The van der Waals surface area contributed by atoms with Crippen molar-refractivity contribution in [3.05, 3.63) is 81.4 Å². The molecule has 0 atom stereocenters. The average Bonchev–Trinajstić information content (AvgIpc) is 3.40. The molecule has 2 amide bonds. The molecule has 0 radical (unpaired) electrons. The van der Waals surface area contributed by atoms with Crippen molar-refractivity contribution in [2.24, 2.45) is 0 Å². The summed E-state index contributed by atoms with van der Waals surface area (Å²) in [5.41, 5.74) is 5.58. The molecule has 1 aliphatic heterocycles. The molecule has 36 heavy (non-hydrogen) atoms. The van der Waals surface area contributed by atoms with Crippen LogP contribution in [0.25, 0.3) is 11.0 Å². The zero-order chi connectivity index (χ0) is 25.1. The van der Waals surface area contributed by atoms with Gasteiger partial charge in [0.2, 0.25) is 5.91 Å². The molecule has 5 rings (SSSR count). The largest absolute Gasteiger partial charge is 0.342 e. The van der Waals surface area contributed by atoms with E-state index in [-0.39, 0.29) is 17.7 Å². The van der Waals surface area contributed by atoms with Gasteiger partial charge in [0.15, 0.2) is 5.82 Å². The number of thiazole rings is 1. The van der Waals surface area contributed by atoms with Crippen LogP contribution in [0.1, 0.15) is 39.8 Å². The number of likely N-dealkylation sites (tertiary alicyclic amines) is 1. The minimum atomic E-state index is -0.303. The Morgan fingerprint density at radius 1 is 1.08 bits per heavy atom. The van der Waals surface area contributed by atoms with Crippen LogP contribution < -0.4 is 10.4 Å². The summed E-state index contributed by atoms with van der Waals surface area (Å²) in [5.74, 6) is 0.541. The van der Waals surface area contributed by atoms with Crippen molar-refractivity contribution >= 4 is 51.6 Å². The number of piperidine rings is 1. The first-order valence-electron chi connectivity index (χ1n) is 11.7. The van der Waals surface area contributed by atoms with Crippen molar-refractivity contribution in [1.29, 1.82) is 0 Å². The number of carbonyl (C=O) groups excluding carboxylic acids is 2. The fraction of sp³-hybridized carbons (Fsp3) is 0.269. The normalized spacial score (nSPS) is 14.1. The number of anilines is 1. The zero-order valence-corrected chi connectivity index (χ0v) is 21.3. The molecular formula is C26H25ClN6O2S. The number of aromatic nitrogens is 3. The third-order valence-electron chi connectivity index (χ3n) is 6.30. The van der Waals surface area contributed by atoms with Crippen LogP contribution in [0.4, 0.5) is 5.82 Å². The summed E-state index contributed by atoms with van der Waals surface area (Å²) < 4.78 is 0. The summed E-state index contributed by atoms with van der Waals surface area (Å²) in [6.45, 7) is 1.33. The molecule has 2 aromatic carbocycles. The van der Waals surface area contributed by atoms with Gasteiger partial charge in [0.25, 0.3) is 5.91 Å². The van der Waals surface area contributed by atoms with E-state index in [1.165, 1.54) is 11.3 Å². The number of rotatable bonds is 6. The molecule has 1 fully saturated rings. The maximum absolute atomic E-state index is 12.8. The predicted molar refractivity (Wildman–Crippen MR) is 141 cm³/mol. The first-order chi connectivity index (χ1) is 17.5. The van der Waals surface area contributed by atoms with Gasteiger partial charge < -0.3 is 4.90 Å². The van der Waals surface area contributed by atoms with Crippen molar-refractivity contribution in [3.63, 3.8) is 0 Å². The Bertz CT molecular complexity index is 1400. The van der Waals surface area contributed by atoms with Crippen LogP contribution in [0.2, 0.25) is 5.02 Å². The van der Waals surface area contributed by atoms with Gasteiger partial charge in [-0.2, -0.15) is 0 Å². The topological polar surface area (TPSA) is 91.3 Å². The Morgan fingerprint density at radius 3 is 2.58 bits per heavy atom. The second-order valence-electron chi connectivity index (χ2n) is 8.71. The van der Waals surface area contributed by atoms with E-state index in [4.69, 9.17) is 11.6 Å². The fourth-order valence-electron chi connectivity index (χ4n) is 4.25. The lowest BCUT2D eigenvalue weighted by atomic mass is 9.97. The molecule has 1 aliphatic rings. The predicted octanol–water partition coefficient (Wildman–Crippen LogP) is 4.47. The molecule has 1 N–H and O–H groups in total. The van der Waals surface area contributed by atoms with Gasteiger partial charge in [-0.25, -0.2) is 9.97 Å². The van der Waals surface area contributed by atoms with Crippen LogP contribution in [0.3, 0.4) is 0 Å². The fourth-order valence-corrected chi connectivity index (χ4v) is 5.42. The maximum atomic E-state index is 12.8. The number of carbonyl (C=O) groups is 2. The number of hydrazine groups is 1. The van der Waals surface area contributed by atoms with Gasteiger partial charge >= 0.3 is 0 Å². The molecule has 3 heterocycles. The lowest BCUT2D eigenvalue weighted by molar-refractivity contribution is -0.131. The molecule has 0 unspecified atom stereocenters.